The molecule has 5 nitrogen and oxygen atoms in total. The molecule has 1 aliphatic rings. The third-order valence-corrected chi connectivity index (χ3v) is 3.64. The van der Waals surface area contributed by atoms with Crippen molar-refractivity contribution in [3.63, 3.8) is 0 Å². The van der Waals surface area contributed by atoms with Gasteiger partial charge in [-0.3, -0.25) is 0 Å². The van der Waals surface area contributed by atoms with E-state index in [0.29, 0.717) is 26.4 Å². The number of ether oxygens (including phenoxy) is 4. The molecule has 0 aromatic heterocycles. The number of methoxy groups -OCH3 is 2. The predicted molar refractivity (Wildman–Crippen MR) is 80.7 cm³/mol. The fraction of sp³-hybridized carbons (Fsp3) is 0.625. The highest BCUT2D eigenvalue weighted by Crippen LogP contribution is 2.24. The van der Waals surface area contributed by atoms with Gasteiger partial charge in [0.05, 0.1) is 39.6 Å². The fourth-order valence-electron chi connectivity index (χ4n) is 2.42. The molecule has 2 atom stereocenters. The number of nitrogens with one attached hydrogen (secondary N) is 1. The summed E-state index contributed by atoms with van der Waals surface area (Å²) in [5.74, 6) is 0.858. The molecule has 0 aliphatic carbocycles. The first-order valence-electron chi connectivity index (χ1n) is 7.33. The second-order valence-corrected chi connectivity index (χ2v) is 5.20. The maximum absolute atomic E-state index is 5.64. The van der Waals surface area contributed by atoms with Crippen LogP contribution in [0.2, 0.25) is 0 Å². The molecule has 1 aromatic rings. The third-order valence-electron chi connectivity index (χ3n) is 3.64. The summed E-state index contributed by atoms with van der Waals surface area (Å²) in [6, 6.07) is 6.42. The molecular weight excluding hydrogens is 270 g/mol. The first kappa shape index (κ1) is 16.2. The number of benzene rings is 1. The lowest BCUT2D eigenvalue weighted by Crippen LogP contribution is -2.38. The molecule has 1 heterocycles. The van der Waals surface area contributed by atoms with Gasteiger partial charge in [-0.05, 0) is 24.6 Å². The summed E-state index contributed by atoms with van der Waals surface area (Å²) in [5.41, 5.74) is 2.27. The van der Waals surface area contributed by atoms with Gasteiger partial charge in [-0.25, -0.2) is 0 Å². The minimum atomic E-state index is 0.137. The highest BCUT2D eigenvalue weighted by Gasteiger charge is 2.16. The zero-order valence-electron chi connectivity index (χ0n) is 13.1. The Hall–Kier alpha value is -1.14. The van der Waals surface area contributed by atoms with E-state index in [1.807, 2.05) is 6.07 Å². The number of rotatable bonds is 7. The second kappa shape index (κ2) is 8.34. The molecule has 118 valence electrons. The first-order valence-corrected chi connectivity index (χ1v) is 7.33. The zero-order valence-corrected chi connectivity index (χ0v) is 13.1. The Kier molecular flexibility index (Phi) is 6.45. The summed E-state index contributed by atoms with van der Waals surface area (Å²) in [4.78, 5) is 0. The van der Waals surface area contributed by atoms with Crippen molar-refractivity contribution in [3.8, 4) is 5.75 Å². The maximum Gasteiger partial charge on any atom is 0.124 e. The van der Waals surface area contributed by atoms with Gasteiger partial charge in [0.2, 0.25) is 0 Å². The van der Waals surface area contributed by atoms with Crippen molar-refractivity contribution in [1.29, 1.82) is 0 Å². The van der Waals surface area contributed by atoms with Crippen LogP contribution in [-0.4, -0.2) is 46.7 Å². The molecule has 21 heavy (non-hydrogen) atoms. The Bertz CT molecular complexity index is 432. The van der Waals surface area contributed by atoms with Crippen molar-refractivity contribution in [3.05, 3.63) is 29.3 Å². The van der Waals surface area contributed by atoms with Crippen LogP contribution in [0, 0.1) is 0 Å². The molecule has 0 bridgehead atoms. The molecule has 1 fully saturated rings. The lowest BCUT2D eigenvalue weighted by molar-refractivity contribution is -0.0869. The molecule has 1 aliphatic heterocycles. The second-order valence-electron chi connectivity index (χ2n) is 5.20. The van der Waals surface area contributed by atoms with E-state index in [1.54, 1.807) is 14.2 Å². The minimum absolute atomic E-state index is 0.137. The Labute approximate surface area is 126 Å². The van der Waals surface area contributed by atoms with E-state index < -0.39 is 0 Å². The SMILES string of the molecule is COCc1cc(C(C)NCC2COCCO2)ccc1OC. The fourth-order valence-corrected chi connectivity index (χ4v) is 2.42. The van der Waals surface area contributed by atoms with Crippen LogP contribution in [0.4, 0.5) is 0 Å². The largest absolute Gasteiger partial charge is 0.496 e. The summed E-state index contributed by atoms with van der Waals surface area (Å²) < 4.78 is 21.6. The van der Waals surface area contributed by atoms with Crippen LogP contribution >= 0.6 is 0 Å². The van der Waals surface area contributed by atoms with Gasteiger partial charge in [0, 0.05) is 25.3 Å². The molecule has 0 saturated carbocycles. The van der Waals surface area contributed by atoms with Crippen molar-refractivity contribution >= 4 is 0 Å². The molecule has 0 amide bonds. The molecular formula is C16H25NO4. The summed E-state index contributed by atoms with van der Waals surface area (Å²) in [7, 11) is 3.37. The van der Waals surface area contributed by atoms with E-state index in [-0.39, 0.29) is 12.1 Å². The number of hydrogen-bond donors (Lipinski definition) is 1. The average Bonchev–Trinajstić information content (AvgIpc) is 2.54. The third kappa shape index (κ3) is 4.68. The molecule has 1 aromatic carbocycles. The Morgan fingerprint density at radius 1 is 1.33 bits per heavy atom. The van der Waals surface area contributed by atoms with Crippen LogP contribution in [0.15, 0.2) is 18.2 Å². The van der Waals surface area contributed by atoms with Crippen molar-refractivity contribution in [2.75, 3.05) is 40.6 Å². The van der Waals surface area contributed by atoms with Gasteiger partial charge in [-0.2, -0.15) is 0 Å². The highest BCUT2D eigenvalue weighted by molar-refractivity contribution is 5.38. The van der Waals surface area contributed by atoms with E-state index >= 15 is 0 Å². The van der Waals surface area contributed by atoms with E-state index in [2.05, 4.69) is 24.4 Å². The Morgan fingerprint density at radius 2 is 2.19 bits per heavy atom. The zero-order chi connectivity index (χ0) is 15.1. The first-order chi connectivity index (χ1) is 10.2. The lowest BCUT2D eigenvalue weighted by Gasteiger charge is -2.25. The molecule has 5 heteroatoms. The highest BCUT2D eigenvalue weighted by atomic mass is 16.6. The molecule has 2 rings (SSSR count). The van der Waals surface area contributed by atoms with Crippen molar-refractivity contribution < 1.29 is 18.9 Å². The van der Waals surface area contributed by atoms with Gasteiger partial charge >= 0.3 is 0 Å². The summed E-state index contributed by atoms with van der Waals surface area (Å²) >= 11 is 0. The average molecular weight is 295 g/mol. The van der Waals surface area contributed by atoms with E-state index in [0.717, 1.165) is 17.9 Å². The normalized spacial score (nSPS) is 20.2. The van der Waals surface area contributed by atoms with Gasteiger partial charge in [-0.1, -0.05) is 6.07 Å². The van der Waals surface area contributed by atoms with Crippen LogP contribution < -0.4 is 10.1 Å². The van der Waals surface area contributed by atoms with E-state index in [4.69, 9.17) is 18.9 Å². The topological polar surface area (TPSA) is 49.0 Å². The van der Waals surface area contributed by atoms with Gasteiger partial charge in [-0.15, -0.1) is 0 Å². The van der Waals surface area contributed by atoms with E-state index in [9.17, 15) is 0 Å². The number of hydrogen-bond acceptors (Lipinski definition) is 5. The van der Waals surface area contributed by atoms with Crippen LogP contribution in [-0.2, 0) is 20.8 Å². The van der Waals surface area contributed by atoms with Crippen LogP contribution in [0.25, 0.3) is 0 Å². The molecule has 1 saturated heterocycles. The molecule has 2 unspecified atom stereocenters. The smallest absolute Gasteiger partial charge is 0.124 e. The quantitative estimate of drug-likeness (QED) is 0.832. The summed E-state index contributed by atoms with van der Waals surface area (Å²) in [5, 5.41) is 3.49. The maximum atomic E-state index is 5.64. The minimum Gasteiger partial charge on any atom is -0.496 e. The van der Waals surface area contributed by atoms with Crippen LogP contribution in [0.1, 0.15) is 24.1 Å². The Balaban J connectivity index is 1.94. The van der Waals surface area contributed by atoms with Crippen molar-refractivity contribution in [2.45, 2.75) is 25.7 Å². The molecule has 0 radical (unpaired) electrons. The monoisotopic (exact) mass is 295 g/mol. The van der Waals surface area contributed by atoms with Gasteiger partial charge in [0.25, 0.3) is 0 Å². The Morgan fingerprint density at radius 3 is 2.86 bits per heavy atom. The van der Waals surface area contributed by atoms with Gasteiger partial charge in [0.15, 0.2) is 0 Å². The molecule has 1 N–H and O–H groups in total. The summed E-state index contributed by atoms with van der Waals surface area (Å²) in [6.07, 6.45) is 0.137. The molecule has 0 spiro atoms. The van der Waals surface area contributed by atoms with E-state index in [1.165, 1.54) is 5.56 Å². The van der Waals surface area contributed by atoms with Crippen molar-refractivity contribution in [2.24, 2.45) is 0 Å². The van der Waals surface area contributed by atoms with Crippen molar-refractivity contribution in [1.82, 2.24) is 5.32 Å². The lowest BCUT2D eigenvalue weighted by atomic mass is 10.0. The van der Waals surface area contributed by atoms with Crippen LogP contribution in [0.5, 0.6) is 5.75 Å². The van der Waals surface area contributed by atoms with Gasteiger partial charge < -0.3 is 24.3 Å². The van der Waals surface area contributed by atoms with Crippen LogP contribution in [0.3, 0.4) is 0 Å². The van der Waals surface area contributed by atoms with Gasteiger partial charge in [0.1, 0.15) is 5.75 Å². The standard InChI is InChI=1S/C16H25NO4/c1-12(17-9-15-11-20-6-7-21-15)13-4-5-16(19-3)14(8-13)10-18-2/h4-5,8,12,15,17H,6-7,9-11H2,1-3H3. The predicted octanol–water partition coefficient (Wildman–Crippen LogP) is 1.91. The summed E-state index contributed by atoms with van der Waals surface area (Å²) in [6.45, 7) is 5.52.